The van der Waals surface area contributed by atoms with E-state index < -0.39 is 0 Å². The summed E-state index contributed by atoms with van der Waals surface area (Å²) in [6.07, 6.45) is 2.31. The minimum atomic E-state index is -0.305. The van der Waals surface area contributed by atoms with Crippen molar-refractivity contribution in [3.05, 3.63) is 18.2 Å². The second-order valence-electron chi connectivity index (χ2n) is 7.17. The first-order valence-electron chi connectivity index (χ1n) is 8.66. The molecule has 0 radical (unpaired) electrons. The highest BCUT2D eigenvalue weighted by molar-refractivity contribution is 5.99. The van der Waals surface area contributed by atoms with Gasteiger partial charge in [-0.2, -0.15) is 0 Å². The van der Waals surface area contributed by atoms with Gasteiger partial charge in [0, 0.05) is 44.5 Å². The lowest BCUT2D eigenvalue weighted by Crippen LogP contribution is -2.58. The predicted octanol–water partition coefficient (Wildman–Crippen LogP) is 1.25. The number of ether oxygens (including phenoxy) is 2. The Morgan fingerprint density at radius 1 is 1.25 bits per heavy atom. The van der Waals surface area contributed by atoms with E-state index in [1.807, 2.05) is 13.1 Å². The van der Waals surface area contributed by atoms with Crippen LogP contribution in [0.3, 0.4) is 0 Å². The van der Waals surface area contributed by atoms with Crippen LogP contribution in [0.5, 0.6) is 5.75 Å². The van der Waals surface area contributed by atoms with Gasteiger partial charge in [-0.25, -0.2) is 0 Å². The van der Waals surface area contributed by atoms with Crippen molar-refractivity contribution >= 4 is 17.3 Å². The lowest BCUT2D eigenvalue weighted by atomic mass is 9.73. The van der Waals surface area contributed by atoms with Gasteiger partial charge < -0.3 is 24.6 Å². The van der Waals surface area contributed by atoms with E-state index in [1.54, 1.807) is 11.9 Å². The lowest BCUT2D eigenvalue weighted by molar-refractivity contribution is -0.120. The molecule has 24 heavy (non-hydrogen) atoms. The lowest BCUT2D eigenvalue weighted by Gasteiger charge is -2.53. The SMILES string of the molecule is CNC1COc2ccc(N3CC4(CCOCC4)C3)cc2N(C)C1=O. The molecule has 1 aromatic rings. The summed E-state index contributed by atoms with van der Waals surface area (Å²) in [5.41, 5.74) is 2.45. The normalized spacial score (nSPS) is 25.8. The zero-order valence-corrected chi connectivity index (χ0v) is 14.4. The molecule has 6 nitrogen and oxygen atoms in total. The topological polar surface area (TPSA) is 54.0 Å². The number of benzene rings is 1. The third kappa shape index (κ3) is 2.54. The Morgan fingerprint density at radius 3 is 2.71 bits per heavy atom. The Balaban J connectivity index is 1.54. The highest BCUT2D eigenvalue weighted by atomic mass is 16.5. The molecule has 130 valence electrons. The van der Waals surface area contributed by atoms with Gasteiger partial charge in [0.1, 0.15) is 18.4 Å². The van der Waals surface area contributed by atoms with Crippen LogP contribution in [0.15, 0.2) is 18.2 Å². The first-order chi connectivity index (χ1) is 11.6. The molecule has 3 aliphatic rings. The second kappa shape index (κ2) is 5.93. The third-order valence-corrected chi connectivity index (χ3v) is 5.66. The number of amides is 1. The van der Waals surface area contributed by atoms with Gasteiger partial charge in [0.25, 0.3) is 0 Å². The van der Waals surface area contributed by atoms with Crippen molar-refractivity contribution in [1.82, 2.24) is 5.32 Å². The number of rotatable bonds is 2. The van der Waals surface area contributed by atoms with E-state index in [2.05, 4.69) is 22.3 Å². The van der Waals surface area contributed by atoms with Gasteiger partial charge in [-0.15, -0.1) is 0 Å². The van der Waals surface area contributed by atoms with Gasteiger partial charge >= 0.3 is 0 Å². The molecule has 2 saturated heterocycles. The molecule has 3 aliphatic heterocycles. The van der Waals surface area contributed by atoms with Crippen LogP contribution in [-0.2, 0) is 9.53 Å². The van der Waals surface area contributed by atoms with Crippen molar-refractivity contribution in [1.29, 1.82) is 0 Å². The van der Waals surface area contributed by atoms with E-state index >= 15 is 0 Å². The number of fused-ring (bicyclic) bond motifs is 1. The molecular weight excluding hydrogens is 306 g/mol. The van der Waals surface area contributed by atoms with E-state index in [0.29, 0.717) is 12.0 Å². The van der Waals surface area contributed by atoms with E-state index in [9.17, 15) is 4.79 Å². The van der Waals surface area contributed by atoms with Crippen LogP contribution in [0.2, 0.25) is 0 Å². The summed E-state index contributed by atoms with van der Waals surface area (Å²) < 4.78 is 11.3. The molecule has 6 heteroatoms. The Bertz CT molecular complexity index is 634. The number of hydrogen-bond donors (Lipinski definition) is 1. The highest BCUT2D eigenvalue weighted by Crippen LogP contribution is 2.44. The summed E-state index contributed by atoms with van der Waals surface area (Å²) in [4.78, 5) is 16.6. The fraction of sp³-hybridized carbons (Fsp3) is 0.611. The van der Waals surface area contributed by atoms with Crippen LogP contribution in [0.1, 0.15) is 12.8 Å². The number of nitrogens with zero attached hydrogens (tertiary/aromatic N) is 2. The molecule has 1 aromatic carbocycles. The van der Waals surface area contributed by atoms with Crippen LogP contribution in [-0.4, -0.2) is 59.0 Å². The predicted molar refractivity (Wildman–Crippen MR) is 92.9 cm³/mol. The van der Waals surface area contributed by atoms with Crippen LogP contribution in [0.25, 0.3) is 0 Å². The molecule has 1 atom stereocenters. The van der Waals surface area contributed by atoms with E-state index in [-0.39, 0.29) is 11.9 Å². The highest BCUT2D eigenvalue weighted by Gasteiger charge is 2.44. The molecule has 0 bridgehead atoms. The maximum absolute atomic E-state index is 12.5. The fourth-order valence-electron chi connectivity index (χ4n) is 3.96. The fourth-order valence-corrected chi connectivity index (χ4v) is 3.96. The summed E-state index contributed by atoms with van der Waals surface area (Å²) >= 11 is 0. The molecule has 1 N–H and O–H groups in total. The number of nitrogens with one attached hydrogen (secondary N) is 1. The number of anilines is 2. The maximum Gasteiger partial charge on any atom is 0.247 e. The Morgan fingerprint density at radius 2 is 2.00 bits per heavy atom. The summed E-state index contributed by atoms with van der Waals surface area (Å²) in [5, 5.41) is 3.02. The minimum Gasteiger partial charge on any atom is -0.489 e. The molecule has 0 saturated carbocycles. The Labute approximate surface area is 142 Å². The molecule has 1 amide bonds. The quantitative estimate of drug-likeness (QED) is 0.884. The maximum atomic E-state index is 12.5. The third-order valence-electron chi connectivity index (χ3n) is 5.66. The molecule has 1 spiro atoms. The van der Waals surface area contributed by atoms with Crippen LogP contribution >= 0.6 is 0 Å². The largest absolute Gasteiger partial charge is 0.489 e. The molecule has 0 aliphatic carbocycles. The Kier molecular flexibility index (Phi) is 3.89. The average molecular weight is 331 g/mol. The van der Waals surface area contributed by atoms with Crippen molar-refractivity contribution in [2.24, 2.45) is 5.41 Å². The van der Waals surface area contributed by atoms with Gasteiger partial charge in [-0.3, -0.25) is 4.79 Å². The van der Waals surface area contributed by atoms with Crippen molar-refractivity contribution in [3.8, 4) is 5.75 Å². The van der Waals surface area contributed by atoms with Gasteiger partial charge in [0.2, 0.25) is 5.91 Å². The van der Waals surface area contributed by atoms with Crippen LogP contribution in [0, 0.1) is 5.41 Å². The molecular formula is C18H25N3O3. The number of likely N-dealkylation sites (N-methyl/N-ethyl adjacent to an activating group) is 2. The summed E-state index contributed by atoms with van der Waals surface area (Å²) in [6, 6.07) is 5.86. The van der Waals surface area contributed by atoms with E-state index in [0.717, 1.165) is 56.3 Å². The van der Waals surface area contributed by atoms with Crippen molar-refractivity contribution < 1.29 is 14.3 Å². The van der Waals surface area contributed by atoms with Gasteiger partial charge in [-0.05, 0) is 38.1 Å². The monoisotopic (exact) mass is 331 g/mol. The van der Waals surface area contributed by atoms with Crippen molar-refractivity contribution in [3.63, 3.8) is 0 Å². The second-order valence-corrected chi connectivity index (χ2v) is 7.17. The number of carbonyl (C=O) groups is 1. The smallest absolute Gasteiger partial charge is 0.247 e. The summed E-state index contributed by atoms with van der Waals surface area (Å²) in [6.45, 7) is 4.28. The van der Waals surface area contributed by atoms with Crippen LogP contribution in [0.4, 0.5) is 11.4 Å². The molecule has 0 aromatic heterocycles. The average Bonchev–Trinajstić information content (AvgIpc) is 2.71. The zero-order valence-electron chi connectivity index (χ0n) is 14.4. The molecule has 4 rings (SSSR count). The molecule has 2 fully saturated rings. The van der Waals surface area contributed by atoms with Crippen molar-refractivity contribution in [2.45, 2.75) is 18.9 Å². The van der Waals surface area contributed by atoms with Crippen molar-refractivity contribution in [2.75, 3.05) is 56.8 Å². The Hall–Kier alpha value is -1.79. The van der Waals surface area contributed by atoms with Gasteiger partial charge in [0.15, 0.2) is 0 Å². The first kappa shape index (κ1) is 15.7. The van der Waals surface area contributed by atoms with E-state index in [4.69, 9.17) is 9.47 Å². The molecule has 3 heterocycles. The first-order valence-corrected chi connectivity index (χ1v) is 8.66. The zero-order chi connectivity index (χ0) is 16.7. The van der Waals surface area contributed by atoms with E-state index in [1.165, 1.54) is 0 Å². The summed E-state index contributed by atoms with van der Waals surface area (Å²) in [7, 11) is 3.61. The standard InChI is InChI=1S/C18H25N3O3/c1-19-14-10-24-16-4-3-13(9-15(16)20(2)17(14)22)21-11-18(12-21)5-7-23-8-6-18/h3-4,9,14,19H,5-8,10-12H2,1-2H3. The minimum absolute atomic E-state index is 0.0397. The van der Waals surface area contributed by atoms with Gasteiger partial charge in [-0.1, -0.05) is 0 Å². The summed E-state index contributed by atoms with van der Waals surface area (Å²) in [5.74, 6) is 0.812. The number of hydrogen-bond acceptors (Lipinski definition) is 5. The molecule has 1 unspecified atom stereocenters. The number of carbonyl (C=O) groups excluding carboxylic acids is 1. The van der Waals surface area contributed by atoms with Crippen LogP contribution < -0.4 is 19.9 Å². The van der Waals surface area contributed by atoms with Gasteiger partial charge in [0.05, 0.1) is 5.69 Å².